The molecule has 143 heavy (non-hydrogen) atoms. The summed E-state index contributed by atoms with van der Waals surface area (Å²) in [5.41, 5.74) is 51.8. The monoisotopic (exact) mass is 1890 g/mol. The van der Waals surface area contributed by atoms with Crippen LogP contribution in [0.4, 0.5) is 0 Å². The topological polar surface area (TPSA) is 129 Å². The van der Waals surface area contributed by atoms with Gasteiger partial charge in [0.1, 0.15) is 17.2 Å². The van der Waals surface area contributed by atoms with Crippen molar-refractivity contribution in [2.75, 3.05) is 26.4 Å². The highest BCUT2D eigenvalue weighted by atomic mass is 16.7. The Morgan fingerprint density at radius 1 is 0.336 bits per heavy atom. The van der Waals surface area contributed by atoms with E-state index in [0.717, 1.165) is 110 Å². The average Bonchev–Trinajstić information content (AvgIpc) is 1.71. The Kier molecular flexibility index (Phi) is 30.0. The summed E-state index contributed by atoms with van der Waals surface area (Å²) >= 11 is 0. The van der Waals surface area contributed by atoms with Crippen LogP contribution in [0.3, 0.4) is 0 Å². The Balaban J connectivity index is 0.000000114. The first kappa shape index (κ1) is 99.7. The third-order valence-corrected chi connectivity index (χ3v) is 30.6. The SMILES string of the molecule is C=C1Cc2c(B3OCC(C)CO3)ccc(-c3ccc(C)cc3)c2C1.C=C1Cc2c(C)ccc(-c3ccc(C(=O)Oc4ccc(C)cc4)cc3)c2C1.CC1=Cc2c(-c3ccc(C)cc3)ncc(C)c2C1.CC1=Cc2c(C(=O)Oc3ccc(C)cc3)ccc(C(=O)Oc3ccc(C)cc3)c2C1.CC1=Cc2c(C)ccc(C34CCC(c5ccc(C)cc5)(CC3)CC4)c2C1.CC1=Cc2c(C)ccc(C3OCC(C)CO3)c2C1. The van der Waals surface area contributed by atoms with Gasteiger partial charge >= 0.3 is 25.0 Å². The summed E-state index contributed by atoms with van der Waals surface area (Å²) in [6.07, 6.45) is 26.7. The van der Waals surface area contributed by atoms with Crippen molar-refractivity contribution in [3.8, 4) is 50.8 Å². The number of esters is 3. The lowest BCUT2D eigenvalue weighted by Crippen LogP contribution is -2.46. The second-order valence-electron chi connectivity index (χ2n) is 42.4. The maximum absolute atomic E-state index is 12.8. The van der Waals surface area contributed by atoms with Gasteiger partial charge in [-0.2, -0.15) is 0 Å². The normalized spacial score (nSPS) is 18.4. The molecule has 3 heterocycles. The smallest absolute Gasteiger partial charge is 0.423 e. The zero-order valence-electron chi connectivity index (χ0n) is 86.3. The summed E-state index contributed by atoms with van der Waals surface area (Å²) in [5.74, 6) is 1.29. The molecule has 12 heteroatoms. The molecule has 11 aliphatic rings. The van der Waals surface area contributed by atoms with Crippen molar-refractivity contribution < 1.29 is 47.4 Å². The number of hydrogen-bond acceptors (Lipinski definition) is 11. The molecule has 0 atom stereocenters. The van der Waals surface area contributed by atoms with Crippen LogP contribution in [-0.2, 0) is 81.0 Å². The van der Waals surface area contributed by atoms with Crippen LogP contribution in [0.1, 0.15) is 257 Å². The summed E-state index contributed by atoms with van der Waals surface area (Å²) < 4.78 is 40.1. The van der Waals surface area contributed by atoms with Crippen LogP contribution >= 0.6 is 0 Å². The molecule has 2 bridgehead atoms. The summed E-state index contributed by atoms with van der Waals surface area (Å²) in [5, 5.41) is 0. The summed E-state index contributed by atoms with van der Waals surface area (Å²) in [6, 6.07) is 77.8. The third kappa shape index (κ3) is 22.3. The Labute approximate surface area is 847 Å². The number of benzene rings is 12. The Morgan fingerprint density at radius 3 is 1.28 bits per heavy atom. The quantitative estimate of drug-likeness (QED) is 0.0473. The molecule has 2 aliphatic heterocycles. The van der Waals surface area contributed by atoms with Crippen LogP contribution in [0.25, 0.3) is 57.8 Å². The molecule has 3 saturated carbocycles. The molecule has 0 amide bonds. The van der Waals surface area contributed by atoms with Crippen LogP contribution < -0.4 is 19.7 Å². The van der Waals surface area contributed by atoms with E-state index in [4.69, 9.17) is 33.0 Å². The largest absolute Gasteiger partial charge is 0.494 e. The van der Waals surface area contributed by atoms with Gasteiger partial charge < -0.3 is 33.0 Å². The van der Waals surface area contributed by atoms with E-state index in [-0.39, 0.29) is 19.4 Å². The van der Waals surface area contributed by atoms with Gasteiger partial charge in [0.15, 0.2) is 6.29 Å². The first-order chi connectivity index (χ1) is 68.8. The van der Waals surface area contributed by atoms with E-state index < -0.39 is 11.9 Å². The van der Waals surface area contributed by atoms with Gasteiger partial charge in [-0.25, -0.2) is 14.4 Å². The van der Waals surface area contributed by atoms with Crippen LogP contribution in [0.2, 0.25) is 0 Å². The molecule has 0 spiro atoms. The van der Waals surface area contributed by atoms with Crippen LogP contribution in [-0.4, -0.2) is 56.4 Å². The molecule has 9 aliphatic carbocycles. The third-order valence-electron chi connectivity index (χ3n) is 30.6. The van der Waals surface area contributed by atoms with E-state index in [0.29, 0.717) is 63.0 Å². The van der Waals surface area contributed by atoms with Crippen molar-refractivity contribution in [3.63, 3.8) is 0 Å². The second kappa shape index (κ2) is 43.0. The lowest BCUT2D eigenvalue weighted by atomic mass is 9.50. The predicted molar refractivity (Wildman–Crippen MR) is 585 cm³/mol. The van der Waals surface area contributed by atoms with E-state index in [1.54, 1.807) is 53.1 Å². The molecule has 726 valence electrons. The van der Waals surface area contributed by atoms with Crippen molar-refractivity contribution in [2.24, 2.45) is 11.8 Å². The molecule has 0 N–H and O–H groups in total. The van der Waals surface area contributed by atoms with Gasteiger partial charge in [-0.1, -0.05) is 288 Å². The Morgan fingerprint density at radius 2 is 0.734 bits per heavy atom. The highest BCUT2D eigenvalue weighted by Gasteiger charge is 2.51. The summed E-state index contributed by atoms with van der Waals surface area (Å²) in [7, 11) is -0.229. The number of nitrogens with zero attached hydrogens (tertiary/aromatic N) is 1. The molecule has 5 fully saturated rings. The first-order valence-corrected chi connectivity index (χ1v) is 51.2. The lowest BCUT2D eigenvalue weighted by Gasteiger charge is -2.54. The number of fused-ring (bicyclic) bond motifs is 9. The van der Waals surface area contributed by atoms with E-state index in [2.05, 4.69) is 241 Å². The lowest BCUT2D eigenvalue weighted by molar-refractivity contribution is -0.202. The van der Waals surface area contributed by atoms with Gasteiger partial charge in [0.05, 0.1) is 35.6 Å². The number of aryl methyl sites for hydroxylation is 10. The van der Waals surface area contributed by atoms with Crippen LogP contribution in [0, 0.1) is 81.1 Å². The minimum Gasteiger partial charge on any atom is -0.423 e. The fourth-order valence-corrected chi connectivity index (χ4v) is 22.4. The Bertz CT molecular complexity index is 7150. The number of pyridine rings is 1. The predicted octanol–water partition coefficient (Wildman–Crippen LogP) is 30.0. The molecule has 12 aromatic carbocycles. The van der Waals surface area contributed by atoms with Gasteiger partial charge in [0, 0.05) is 42.0 Å². The second-order valence-corrected chi connectivity index (χ2v) is 42.4. The molecule has 24 rings (SSSR count). The van der Waals surface area contributed by atoms with Crippen molar-refractivity contribution in [2.45, 2.75) is 218 Å². The maximum atomic E-state index is 12.8. The van der Waals surface area contributed by atoms with E-state index >= 15 is 0 Å². The van der Waals surface area contributed by atoms with Crippen LogP contribution in [0.15, 0.2) is 283 Å². The molecular weight excluding hydrogens is 1760 g/mol. The van der Waals surface area contributed by atoms with Crippen molar-refractivity contribution in [1.29, 1.82) is 0 Å². The van der Waals surface area contributed by atoms with E-state index in [9.17, 15) is 14.4 Å². The van der Waals surface area contributed by atoms with Gasteiger partial charge in [-0.15, -0.1) is 0 Å². The zero-order chi connectivity index (χ0) is 100. The minimum atomic E-state index is -0.445. The molecule has 0 unspecified atom stereocenters. The van der Waals surface area contributed by atoms with Gasteiger partial charge in [0.2, 0.25) is 0 Å². The van der Waals surface area contributed by atoms with Gasteiger partial charge in [0.25, 0.3) is 0 Å². The first-order valence-electron chi connectivity index (χ1n) is 51.2. The molecule has 11 nitrogen and oxygen atoms in total. The summed E-state index contributed by atoms with van der Waals surface area (Å²) in [4.78, 5) is 42.6. The van der Waals surface area contributed by atoms with Gasteiger partial charge in [-0.3, -0.25) is 4.98 Å². The number of aromatic nitrogens is 1. The molecule has 13 aromatic rings. The highest BCUT2D eigenvalue weighted by molar-refractivity contribution is 6.62. The molecule has 1 aromatic heterocycles. The molecule has 0 radical (unpaired) electrons. The van der Waals surface area contributed by atoms with Crippen molar-refractivity contribution in [3.05, 3.63) is 439 Å². The number of hydrogen-bond donors (Lipinski definition) is 0. The molecule has 2 saturated heterocycles. The number of ether oxygens (including phenoxy) is 5. The fourth-order valence-electron chi connectivity index (χ4n) is 22.4. The van der Waals surface area contributed by atoms with E-state index in [1.165, 1.54) is 195 Å². The molecular formula is C131H134BNO10. The maximum Gasteiger partial charge on any atom is 0.494 e. The number of rotatable bonds is 13. The fraction of sp³-hybridized carbons (Fsp3) is 0.298. The van der Waals surface area contributed by atoms with Crippen molar-refractivity contribution in [1.82, 2.24) is 4.98 Å². The average molecular weight is 1890 g/mol. The number of carbonyl (C=O) groups is 3. The minimum absolute atomic E-state index is 0.171. The number of carbonyl (C=O) groups excluding carboxylic acids is 3. The highest BCUT2D eigenvalue weighted by Crippen LogP contribution is 2.60. The number of allylic oxidation sites excluding steroid dienone is 6. The van der Waals surface area contributed by atoms with Crippen LogP contribution in [0.5, 0.6) is 17.2 Å². The van der Waals surface area contributed by atoms with Gasteiger partial charge in [-0.05, 0) is 387 Å². The van der Waals surface area contributed by atoms with E-state index in [1.807, 2.05) is 113 Å². The standard InChI is InChI=1S/C26H22O4.C26H30.C25H22O2.C21H23BO2.C17H17N.C16H20O2/c1-16-4-8-19(9-5-16)29-25(27)21-12-13-22(24-15-18(3)14-23(21)24)26(28)30-20-10-6-17(2)7-11-20;1-18-4-7-21(8-5-18)25-10-13-26(14-11-25,15-12-25)24-9-6-20(3)22-16-19(2)17-23(22)24;1-16-4-11-21(12-5-16)27-25(26)20-9-7-19(8-10-20)22-13-6-18(3)23-14-17(2)15-24(22)23;1-14-4-6-17(7-5-14)18-8-9-21(20-11-15(2)10-19(18)20)22-23-12-16(3)13-24-22;1-11-4-6-14(7-5-11)17-16-9-12(2)8-15(16)13(3)10-18-17;1-10-6-14-12(3)4-5-13(15(14)7-10)16-17-8-11(2)9-18-16/h4-14H,15H2,1-3H3;4-9,16H,10-15,17H2,1-3H3;4-13H,2,14-15H2,1,3H3;4-9,16H,2,10-13H2,1,3H3;4-7,9-10H,8H2,1-3H3;4-6,11,16H,7-9H2,1-3H3. The Hall–Kier alpha value is -13.5. The van der Waals surface area contributed by atoms with Crippen molar-refractivity contribution >= 4 is 54.8 Å². The zero-order valence-corrected chi connectivity index (χ0v) is 86.3. The summed E-state index contributed by atoms with van der Waals surface area (Å²) in [6.45, 7) is 45.6.